The number of rotatable bonds is 6. The Hall–Kier alpha value is -3.60. The zero-order chi connectivity index (χ0) is 22.3. The molecule has 1 fully saturated rings. The van der Waals surface area contributed by atoms with Gasteiger partial charge < -0.3 is 14.4 Å². The fourth-order valence-electron chi connectivity index (χ4n) is 4.13. The molecule has 0 unspecified atom stereocenters. The highest BCUT2D eigenvalue weighted by Gasteiger charge is 2.30. The number of carbonyl (C=O) groups is 2. The van der Waals surface area contributed by atoms with E-state index >= 15 is 0 Å². The Balaban J connectivity index is 1.40. The largest absolute Gasteiger partial charge is 0.490 e. The smallest absolute Gasteiger partial charge is 0.337 e. The summed E-state index contributed by atoms with van der Waals surface area (Å²) in [5.41, 5.74) is 2.51. The van der Waals surface area contributed by atoms with Gasteiger partial charge in [-0.25, -0.2) is 4.79 Å². The Bertz CT molecular complexity index is 987. The van der Waals surface area contributed by atoms with E-state index in [0.29, 0.717) is 24.4 Å². The highest BCUT2D eigenvalue weighted by atomic mass is 16.5. The van der Waals surface area contributed by atoms with E-state index in [1.165, 1.54) is 7.11 Å². The third kappa shape index (κ3) is 4.99. The summed E-state index contributed by atoms with van der Waals surface area (Å²) in [5, 5.41) is 0. The van der Waals surface area contributed by atoms with Crippen LogP contribution in [0, 0.1) is 0 Å². The second kappa shape index (κ2) is 10.1. The fourth-order valence-corrected chi connectivity index (χ4v) is 4.13. The number of ether oxygens (including phenoxy) is 2. The fraction of sp³-hybridized carbons (Fsp3) is 0.259. The molecular formula is C27H27NO4. The van der Waals surface area contributed by atoms with Crippen LogP contribution in [0.25, 0.3) is 0 Å². The molecule has 0 aliphatic carbocycles. The van der Waals surface area contributed by atoms with Crippen LogP contribution in [0.2, 0.25) is 0 Å². The van der Waals surface area contributed by atoms with Crippen LogP contribution in [0.4, 0.5) is 0 Å². The SMILES string of the molecule is COC(=O)c1ccc(OC2CCN(C(=O)C(c3ccccc3)c3ccccc3)CC2)cc1. The Morgan fingerprint density at radius 1 is 0.812 bits per heavy atom. The van der Waals surface area contributed by atoms with Crippen molar-refractivity contribution in [2.75, 3.05) is 20.2 Å². The second-order valence-electron chi connectivity index (χ2n) is 7.91. The number of methoxy groups -OCH3 is 1. The van der Waals surface area contributed by atoms with E-state index in [2.05, 4.69) is 0 Å². The van der Waals surface area contributed by atoms with Crippen molar-refractivity contribution in [1.29, 1.82) is 0 Å². The molecule has 1 saturated heterocycles. The van der Waals surface area contributed by atoms with Crippen LogP contribution in [0.15, 0.2) is 84.9 Å². The average Bonchev–Trinajstić information content (AvgIpc) is 2.86. The second-order valence-corrected chi connectivity index (χ2v) is 7.91. The molecule has 0 radical (unpaired) electrons. The Labute approximate surface area is 188 Å². The lowest BCUT2D eigenvalue weighted by molar-refractivity contribution is -0.133. The third-order valence-electron chi connectivity index (χ3n) is 5.84. The van der Waals surface area contributed by atoms with Gasteiger partial charge in [-0.1, -0.05) is 60.7 Å². The summed E-state index contributed by atoms with van der Waals surface area (Å²) in [6, 6.07) is 26.9. The van der Waals surface area contributed by atoms with Crippen molar-refractivity contribution >= 4 is 11.9 Å². The molecule has 5 heteroatoms. The number of amides is 1. The molecular weight excluding hydrogens is 402 g/mol. The lowest BCUT2D eigenvalue weighted by Crippen LogP contribution is -2.44. The normalized spacial score (nSPS) is 14.2. The minimum absolute atomic E-state index is 0.0370. The quantitative estimate of drug-likeness (QED) is 0.534. The number of piperidine rings is 1. The van der Waals surface area contributed by atoms with Crippen molar-refractivity contribution in [3.8, 4) is 5.75 Å². The molecule has 3 aromatic rings. The highest BCUT2D eigenvalue weighted by molar-refractivity contribution is 5.89. The van der Waals surface area contributed by atoms with E-state index in [1.54, 1.807) is 24.3 Å². The topological polar surface area (TPSA) is 55.8 Å². The van der Waals surface area contributed by atoms with Crippen LogP contribution < -0.4 is 4.74 Å². The number of benzene rings is 3. The van der Waals surface area contributed by atoms with E-state index < -0.39 is 0 Å². The van der Waals surface area contributed by atoms with Gasteiger partial charge in [0.05, 0.1) is 18.6 Å². The maximum Gasteiger partial charge on any atom is 0.337 e. The molecule has 1 aliphatic rings. The van der Waals surface area contributed by atoms with Gasteiger partial charge in [-0.2, -0.15) is 0 Å². The van der Waals surface area contributed by atoms with E-state index in [4.69, 9.17) is 9.47 Å². The van der Waals surface area contributed by atoms with Crippen LogP contribution >= 0.6 is 0 Å². The lowest BCUT2D eigenvalue weighted by Gasteiger charge is -2.34. The van der Waals surface area contributed by atoms with Crippen LogP contribution in [-0.4, -0.2) is 43.1 Å². The van der Waals surface area contributed by atoms with Gasteiger partial charge in [-0.3, -0.25) is 4.79 Å². The van der Waals surface area contributed by atoms with Crippen molar-refractivity contribution in [3.63, 3.8) is 0 Å². The van der Waals surface area contributed by atoms with Crippen molar-refractivity contribution in [2.24, 2.45) is 0 Å². The lowest BCUT2D eigenvalue weighted by atomic mass is 9.89. The molecule has 0 aromatic heterocycles. The first-order chi connectivity index (χ1) is 15.7. The minimum atomic E-state index is -0.366. The number of hydrogen-bond donors (Lipinski definition) is 0. The van der Waals surface area contributed by atoms with Crippen molar-refractivity contribution in [2.45, 2.75) is 24.9 Å². The average molecular weight is 430 g/mol. The summed E-state index contributed by atoms with van der Waals surface area (Å²) >= 11 is 0. The van der Waals surface area contributed by atoms with Gasteiger partial charge in [0.1, 0.15) is 11.9 Å². The molecule has 0 saturated carbocycles. The van der Waals surface area contributed by atoms with Crippen molar-refractivity contribution < 1.29 is 19.1 Å². The number of nitrogens with zero attached hydrogens (tertiary/aromatic N) is 1. The Kier molecular flexibility index (Phi) is 6.85. The van der Waals surface area contributed by atoms with Gasteiger partial charge >= 0.3 is 5.97 Å². The molecule has 0 spiro atoms. The van der Waals surface area contributed by atoms with E-state index in [0.717, 1.165) is 24.0 Å². The standard InChI is InChI=1S/C27H27NO4/c1-31-27(30)22-12-14-23(15-13-22)32-24-16-18-28(19-17-24)26(29)25(20-8-4-2-5-9-20)21-10-6-3-7-11-21/h2-15,24-25H,16-19H2,1H3. The summed E-state index contributed by atoms with van der Waals surface area (Å²) < 4.78 is 10.8. The molecule has 0 bridgehead atoms. The van der Waals surface area contributed by atoms with Crippen molar-refractivity contribution in [1.82, 2.24) is 4.90 Å². The molecule has 164 valence electrons. The number of esters is 1. The third-order valence-corrected chi connectivity index (χ3v) is 5.84. The summed E-state index contributed by atoms with van der Waals surface area (Å²) in [5.74, 6) is 0.174. The van der Waals surface area contributed by atoms with E-state index in [9.17, 15) is 9.59 Å². The van der Waals surface area contributed by atoms with Gasteiger partial charge in [0.25, 0.3) is 0 Å². The van der Waals surface area contributed by atoms with Gasteiger partial charge in [0, 0.05) is 25.9 Å². The first-order valence-electron chi connectivity index (χ1n) is 10.9. The number of hydrogen-bond acceptors (Lipinski definition) is 4. The summed E-state index contributed by atoms with van der Waals surface area (Å²) in [6.07, 6.45) is 1.57. The first-order valence-corrected chi connectivity index (χ1v) is 10.9. The molecule has 0 atom stereocenters. The van der Waals surface area contributed by atoms with Gasteiger partial charge in [0.2, 0.25) is 5.91 Å². The summed E-state index contributed by atoms with van der Waals surface area (Å²) in [6.45, 7) is 1.31. The van der Waals surface area contributed by atoms with Crippen LogP contribution in [0.5, 0.6) is 5.75 Å². The monoisotopic (exact) mass is 429 g/mol. The van der Waals surface area contributed by atoms with Crippen LogP contribution in [0.1, 0.15) is 40.2 Å². The van der Waals surface area contributed by atoms with Crippen LogP contribution in [0.3, 0.4) is 0 Å². The van der Waals surface area contributed by atoms with Crippen molar-refractivity contribution in [3.05, 3.63) is 102 Å². The van der Waals surface area contributed by atoms with E-state index in [-0.39, 0.29) is 23.9 Å². The molecule has 5 nitrogen and oxygen atoms in total. The summed E-state index contributed by atoms with van der Waals surface area (Å²) in [4.78, 5) is 27.1. The zero-order valence-corrected chi connectivity index (χ0v) is 18.1. The van der Waals surface area contributed by atoms with Gasteiger partial charge in [-0.05, 0) is 35.4 Å². The molecule has 4 rings (SSSR count). The molecule has 3 aromatic carbocycles. The highest BCUT2D eigenvalue weighted by Crippen LogP contribution is 2.29. The Morgan fingerprint density at radius 3 is 1.84 bits per heavy atom. The molecule has 1 aliphatic heterocycles. The van der Waals surface area contributed by atoms with Crippen LogP contribution in [-0.2, 0) is 9.53 Å². The first kappa shape index (κ1) is 21.6. The maximum absolute atomic E-state index is 13.5. The Morgan fingerprint density at radius 2 is 1.34 bits per heavy atom. The number of likely N-dealkylation sites (tertiary alicyclic amines) is 1. The van der Waals surface area contributed by atoms with Gasteiger partial charge in [-0.15, -0.1) is 0 Å². The molecule has 0 N–H and O–H groups in total. The van der Waals surface area contributed by atoms with Gasteiger partial charge in [0.15, 0.2) is 0 Å². The maximum atomic E-state index is 13.5. The predicted molar refractivity (Wildman–Crippen MR) is 123 cm³/mol. The molecule has 1 amide bonds. The molecule has 32 heavy (non-hydrogen) atoms. The minimum Gasteiger partial charge on any atom is -0.490 e. The molecule has 1 heterocycles. The number of carbonyl (C=O) groups excluding carboxylic acids is 2. The van der Waals surface area contributed by atoms with E-state index in [1.807, 2.05) is 65.6 Å². The zero-order valence-electron chi connectivity index (χ0n) is 18.1. The predicted octanol–water partition coefficient (Wildman–Crippen LogP) is 4.68. The summed E-state index contributed by atoms with van der Waals surface area (Å²) in [7, 11) is 1.36.